The molecule has 15 heavy (non-hydrogen) atoms. The quantitative estimate of drug-likeness (QED) is 0.748. The van der Waals surface area contributed by atoms with Crippen LogP contribution < -0.4 is 0 Å². The monoisotopic (exact) mass is 201 g/mol. The summed E-state index contributed by atoms with van der Waals surface area (Å²) >= 11 is 0. The van der Waals surface area contributed by atoms with Crippen LogP contribution in [0.1, 0.15) is 25.5 Å². The number of hydrogen-bond acceptors (Lipinski definition) is 2. The van der Waals surface area contributed by atoms with Crippen LogP contribution in [0.4, 0.5) is 0 Å². The Kier molecular flexibility index (Phi) is 2.54. The van der Waals surface area contributed by atoms with Crippen molar-refractivity contribution in [3.8, 4) is 11.1 Å². The molecule has 0 aliphatic carbocycles. The van der Waals surface area contributed by atoms with E-state index in [9.17, 15) is 0 Å². The first-order valence-corrected chi connectivity index (χ1v) is 5.13. The van der Waals surface area contributed by atoms with Crippen LogP contribution in [0.3, 0.4) is 0 Å². The van der Waals surface area contributed by atoms with Crippen LogP contribution in [-0.4, -0.2) is 14.8 Å². The Labute approximate surface area is 89.8 Å². The van der Waals surface area contributed by atoms with Gasteiger partial charge in [-0.05, 0) is 32.4 Å². The minimum Gasteiger partial charge on any atom is -0.270 e. The summed E-state index contributed by atoms with van der Waals surface area (Å²) in [5, 5.41) is 4.32. The minimum atomic E-state index is 0.399. The third-order valence-electron chi connectivity index (χ3n) is 2.48. The highest BCUT2D eigenvalue weighted by molar-refractivity contribution is 5.64. The smallest absolute Gasteiger partial charge is 0.0569 e. The van der Waals surface area contributed by atoms with Crippen molar-refractivity contribution in [1.82, 2.24) is 14.8 Å². The first-order valence-electron chi connectivity index (χ1n) is 5.13. The van der Waals surface area contributed by atoms with Gasteiger partial charge in [-0.1, -0.05) is 0 Å². The first-order chi connectivity index (χ1) is 7.18. The summed E-state index contributed by atoms with van der Waals surface area (Å²) in [6, 6.07) is 2.41. The van der Waals surface area contributed by atoms with Crippen LogP contribution in [0.25, 0.3) is 11.1 Å². The molecule has 0 amide bonds. The maximum atomic E-state index is 4.32. The molecule has 2 rings (SSSR count). The fourth-order valence-corrected chi connectivity index (χ4v) is 1.53. The molecule has 3 nitrogen and oxygen atoms in total. The van der Waals surface area contributed by atoms with Crippen molar-refractivity contribution in [3.63, 3.8) is 0 Å². The Morgan fingerprint density at radius 2 is 2.07 bits per heavy atom. The van der Waals surface area contributed by atoms with Crippen LogP contribution in [0.2, 0.25) is 0 Å². The molecular formula is C12H15N3. The summed E-state index contributed by atoms with van der Waals surface area (Å²) in [7, 11) is 0. The summed E-state index contributed by atoms with van der Waals surface area (Å²) in [5.41, 5.74) is 3.52. The molecule has 0 spiro atoms. The van der Waals surface area contributed by atoms with Gasteiger partial charge in [-0.2, -0.15) is 5.10 Å². The van der Waals surface area contributed by atoms with Crippen molar-refractivity contribution < 1.29 is 0 Å². The van der Waals surface area contributed by atoms with Crippen LogP contribution in [-0.2, 0) is 0 Å². The molecule has 0 aliphatic rings. The lowest BCUT2D eigenvalue weighted by Crippen LogP contribution is -1.99. The average Bonchev–Trinajstić information content (AvgIpc) is 2.67. The number of nitrogens with zero attached hydrogens (tertiary/aromatic N) is 3. The molecule has 0 radical (unpaired) electrons. The van der Waals surface area contributed by atoms with Crippen molar-refractivity contribution >= 4 is 0 Å². The molecule has 3 heteroatoms. The van der Waals surface area contributed by atoms with Crippen LogP contribution in [0.5, 0.6) is 0 Å². The predicted octanol–water partition coefficient (Wildman–Crippen LogP) is 2.83. The lowest BCUT2D eigenvalue weighted by atomic mass is 10.1. The van der Waals surface area contributed by atoms with E-state index in [4.69, 9.17) is 0 Å². The van der Waals surface area contributed by atoms with Gasteiger partial charge in [0.15, 0.2) is 0 Å². The fraction of sp³-hybridized carbons (Fsp3) is 0.333. The number of aryl methyl sites for hydroxylation is 1. The Balaban J connectivity index is 2.42. The maximum Gasteiger partial charge on any atom is 0.0569 e. The van der Waals surface area contributed by atoms with E-state index in [1.54, 1.807) is 0 Å². The van der Waals surface area contributed by atoms with Gasteiger partial charge in [0.05, 0.1) is 6.20 Å². The molecule has 0 fully saturated rings. The highest BCUT2D eigenvalue weighted by Crippen LogP contribution is 2.22. The third-order valence-corrected chi connectivity index (χ3v) is 2.48. The van der Waals surface area contributed by atoms with Crippen molar-refractivity contribution in [2.24, 2.45) is 0 Å². The van der Waals surface area contributed by atoms with E-state index < -0.39 is 0 Å². The fourth-order valence-electron chi connectivity index (χ4n) is 1.53. The Morgan fingerprint density at radius 3 is 2.67 bits per heavy atom. The highest BCUT2D eigenvalue weighted by atomic mass is 15.3. The average molecular weight is 201 g/mol. The number of pyridine rings is 1. The molecule has 78 valence electrons. The van der Waals surface area contributed by atoms with Crippen molar-refractivity contribution in [2.45, 2.75) is 26.8 Å². The molecule has 0 aromatic carbocycles. The van der Waals surface area contributed by atoms with Gasteiger partial charge in [0.25, 0.3) is 0 Å². The van der Waals surface area contributed by atoms with Gasteiger partial charge in [-0.15, -0.1) is 0 Å². The first kappa shape index (κ1) is 9.90. The topological polar surface area (TPSA) is 30.7 Å². The largest absolute Gasteiger partial charge is 0.270 e. The van der Waals surface area contributed by atoms with Gasteiger partial charge in [0.2, 0.25) is 0 Å². The minimum absolute atomic E-state index is 0.399. The summed E-state index contributed by atoms with van der Waals surface area (Å²) < 4.78 is 1.96. The molecule has 0 N–H and O–H groups in total. The highest BCUT2D eigenvalue weighted by Gasteiger charge is 2.05. The van der Waals surface area contributed by atoms with Crippen LogP contribution in [0.15, 0.2) is 30.9 Å². The van der Waals surface area contributed by atoms with Gasteiger partial charge in [0.1, 0.15) is 0 Å². The normalized spacial score (nSPS) is 10.9. The second-order valence-corrected chi connectivity index (χ2v) is 3.99. The summed E-state index contributed by atoms with van der Waals surface area (Å²) in [4.78, 5) is 4.14. The molecule has 2 aromatic rings. The van der Waals surface area contributed by atoms with Gasteiger partial charge in [-0.25, -0.2) is 0 Å². The second-order valence-electron chi connectivity index (χ2n) is 3.99. The van der Waals surface area contributed by atoms with Crippen LogP contribution >= 0.6 is 0 Å². The van der Waals surface area contributed by atoms with Gasteiger partial charge >= 0.3 is 0 Å². The summed E-state index contributed by atoms with van der Waals surface area (Å²) in [6.45, 7) is 6.32. The van der Waals surface area contributed by atoms with Gasteiger partial charge < -0.3 is 0 Å². The molecule has 0 aliphatic heterocycles. The molecule has 0 saturated heterocycles. The zero-order chi connectivity index (χ0) is 10.8. The Bertz CT molecular complexity index is 457. The Hall–Kier alpha value is -1.64. The van der Waals surface area contributed by atoms with Gasteiger partial charge in [-0.3, -0.25) is 9.67 Å². The van der Waals surface area contributed by atoms with E-state index >= 15 is 0 Å². The number of rotatable bonds is 2. The molecule has 0 bridgehead atoms. The van der Waals surface area contributed by atoms with E-state index in [1.165, 1.54) is 5.56 Å². The number of hydrogen-bond donors (Lipinski definition) is 0. The van der Waals surface area contributed by atoms with Crippen molar-refractivity contribution in [1.29, 1.82) is 0 Å². The molecule has 0 unspecified atom stereocenters. The molecular weight excluding hydrogens is 186 g/mol. The third kappa shape index (κ3) is 1.91. The SMILES string of the molecule is Cc1ccncc1-c1cnn(C(C)C)c1. The number of aromatic nitrogens is 3. The molecule has 0 saturated carbocycles. The van der Waals surface area contributed by atoms with E-state index in [2.05, 4.69) is 37.1 Å². The summed E-state index contributed by atoms with van der Waals surface area (Å²) in [5.74, 6) is 0. The maximum absolute atomic E-state index is 4.32. The Morgan fingerprint density at radius 1 is 1.27 bits per heavy atom. The summed E-state index contributed by atoms with van der Waals surface area (Å²) in [6.07, 6.45) is 7.65. The van der Waals surface area contributed by atoms with E-state index in [1.807, 2.05) is 29.3 Å². The molecule has 2 aromatic heterocycles. The standard InChI is InChI=1S/C12H15N3/c1-9(2)15-8-11(6-14-15)12-7-13-5-4-10(12)3/h4-9H,1-3H3. The van der Waals surface area contributed by atoms with Gasteiger partial charge in [0, 0.05) is 35.8 Å². The second kappa shape index (κ2) is 3.85. The molecule has 0 atom stereocenters. The van der Waals surface area contributed by atoms with Crippen molar-refractivity contribution in [2.75, 3.05) is 0 Å². The molecule has 2 heterocycles. The van der Waals surface area contributed by atoms with Crippen molar-refractivity contribution in [3.05, 3.63) is 36.4 Å². The van der Waals surface area contributed by atoms with Crippen LogP contribution in [0, 0.1) is 6.92 Å². The lowest BCUT2D eigenvalue weighted by molar-refractivity contribution is 0.532. The predicted molar refractivity (Wildman–Crippen MR) is 60.6 cm³/mol. The van der Waals surface area contributed by atoms with E-state index in [0.717, 1.165) is 11.1 Å². The zero-order valence-corrected chi connectivity index (χ0v) is 9.31. The lowest BCUT2D eigenvalue weighted by Gasteiger charge is -2.04. The van der Waals surface area contributed by atoms with E-state index in [-0.39, 0.29) is 0 Å². The zero-order valence-electron chi connectivity index (χ0n) is 9.31. The van der Waals surface area contributed by atoms with E-state index in [0.29, 0.717) is 6.04 Å².